The molecule has 0 bridgehead atoms. The number of aryl methyl sites for hydroxylation is 1. The molecule has 0 aliphatic rings. The number of nitrogens with one attached hydrogen (secondary N) is 2. The number of ether oxygens (including phenoxy) is 1. The van der Waals surface area contributed by atoms with Crippen molar-refractivity contribution in [3.63, 3.8) is 0 Å². The third-order valence-corrected chi connectivity index (χ3v) is 3.44. The van der Waals surface area contributed by atoms with E-state index in [-0.39, 0.29) is 24.1 Å². The van der Waals surface area contributed by atoms with Crippen molar-refractivity contribution in [2.24, 2.45) is 0 Å². The molecule has 0 spiro atoms. The van der Waals surface area contributed by atoms with E-state index in [0.717, 1.165) is 6.20 Å². The molecule has 0 fully saturated rings. The Bertz CT molecular complexity index is 903. The molecule has 0 saturated heterocycles. The van der Waals surface area contributed by atoms with Crippen LogP contribution in [0.3, 0.4) is 0 Å². The largest absolute Gasteiger partial charge is 0.472 e. The number of aromatic nitrogens is 4. The SMILES string of the molecule is Cc1onc(-c2ccc(F)cn2)c1COc1cc(C(=O)NN(C)C)[nH]n1. The fraction of sp³-hybridized carbons (Fsp3) is 0.250. The molecule has 2 N–H and O–H groups in total. The highest BCUT2D eigenvalue weighted by Crippen LogP contribution is 2.25. The monoisotopic (exact) mass is 360 g/mol. The number of H-pyrrole nitrogens is 1. The van der Waals surface area contributed by atoms with Crippen LogP contribution in [0.5, 0.6) is 5.88 Å². The molecule has 0 aromatic carbocycles. The number of hydrogen-bond acceptors (Lipinski definition) is 7. The first-order valence-electron chi connectivity index (χ1n) is 7.67. The van der Waals surface area contributed by atoms with Gasteiger partial charge in [-0.1, -0.05) is 5.16 Å². The van der Waals surface area contributed by atoms with E-state index < -0.39 is 5.82 Å². The van der Waals surface area contributed by atoms with Crippen molar-refractivity contribution >= 4 is 5.91 Å². The first-order valence-corrected chi connectivity index (χ1v) is 7.67. The highest BCUT2D eigenvalue weighted by Gasteiger charge is 2.18. The topological polar surface area (TPSA) is 109 Å². The van der Waals surface area contributed by atoms with E-state index in [1.54, 1.807) is 21.0 Å². The van der Waals surface area contributed by atoms with Crippen LogP contribution < -0.4 is 10.2 Å². The number of halogens is 1. The Kier molecular flexibility index (Phi) is 4.94. The van der Waals surface area contributed by atoms with Crippen LogP contribution in [0, 0.1) is 12.7 Å². The number of hydrazine groups is 1. The van der Waals surface area contributed by atoms with Gasteiger partial charge in [0.2, 0.25) is 5.88 Å². The van der Waals surface area contributed by atoms with Gasteiger partial charge in [0.05, 0.1) is 17.5 Å². The molecule has 0 aliphatic carbocycles. The van der Waals surface area contributed by atoms with Crippen molar-refractivity contribution in [2.75, 3.05) is 14.1 Å². The van der Waals surface area contributed by atoms with Gasteiger partial charge < -0.3 is 9.26 Å². The zero-order valence-corrected chi connectivity index (χ0v) is 14.4. The number of amides is 1. The number of hydrogen-bond donors (Lipinski definition) is 2. The summed E-state index contributed by atoms with van der Waals surface area (Å²) in [6.07, 6.45) is 1.10. The molecule has 1 amide bonds. The predicted molar refractivity (Wildman–Crippen MR) is 88.5 cm³/mol. The average molecular weight is 360 g/mol. The second kappa shape index (κ2) is 7.31. The van der Waals surface area contributed by atoms with Crippen LogP contribution in [-0.4, -0.2) is 45.3 Å². The van der Waals surface area contributed by atoms with E-state index in [9.17, 15) is 9.18 Å². The number of pyridine rings is 1. The van der Waals surface area contributed by atoms with Crippen molar-refractivity contribution < 1.29 is 18.4 Å². The molecule has 0 atom stereocenters. The molecular formula is C16H17FN6O3. The van der Waals surface area contributed by atoms with Crippen LogP contribution >= 0.6 is 0 Å². The summed E-state index contributed by atoms with van der Waals surface area (Å²) < 4.78 is 23.9. The lowest BCUT2D eigenvalue weighted by atomic mass is 10.1. The maximum atomic E-state index is 13.0. The van der Waals surface area contributed by atoms with Crippen LogP contribution in [0.2, 0.25) is 0 Å². The standard InChI is InChI=1S/C16H17FN6O3/c1-9-11(15(22-26-9)12-5-4-10(17)7-18-12)8-25-14-6-13(19-20-14)16(24)21-23(2)3/h4-7H,8H2,1-3H3,(H,19,20)(H,21,24). The van der Waals surface area contributed by atoms with Gasteiger partial charge in [0.1, 0.15) is 29.6 Å². The fourth-order valence-corrected chi connectivity index (χ4v) is 2.18. The zero-order chi connectivity index (χ0) is 18.7. The van der Waals surface area contributed by atoms with Gasteiger partial charge in [-0.2, -0.15) is 0 Å². The van der Waals surface area contributed by atoms with Crippen LogP contribution in [0.4, 0.5) is 4.39 Å². The van der Waals surface area contributed by atoms with Crippen molar-refractivity contribution in [3.05, 3.63) is 47.2 Å². The van der Waals surface area contributed by atoms with Gasteiger partial charge >= 0.3 is 0 Å². The van der Waals surface area contributed by atoms with Crippen molar-refractivity contribution in [3.8, 4) is 17.3 Å². The first kappa shape index (κ1) is 17.5. The molecule has 3 rings (SSSR count). The number of carbonyl (C=O) groups is 1. The fourth-order valence-electron chi connectivity index (χ4n) is 2.18. The summed E-state index contributed by atoms with van der Waals surface area (Å²) >= 11 is 0. The molecule has 10 heteroatoms. The molecule has 3 aromatic rings. The highest BCUT2D eigenvalue weighted by atomic mass is 19.1. The summed E-state index contributed by atoms with van der Waals surface area (Å²) in [5, 5.41) is 12.0. The molecule has 9 nitrogen and oxygen atoms in total. The third-order valence-electron chi connectivity index (χ3n) is 3.44. The molecule has 3 aromatic heterocycles. The lowest BCUT2D eigenvalue weighted by Gasteiger charge is -2.09. The Balaban J connectivity index is 1.73. The predicted octanol–water partition coefficient (Wildman–Crippen LogP) is 1.69. The minimum absolute atomic E-state index is 0.101. The van der Waals surface area contributed by atoms with Gasteiger partial charge in [-0.25, -0.2) is 9.40 Å². The Labute approximate surface area is 148 Å². The molecule has 0 unspecified atom stereocenters. The van der Waals surface area contributed by atoms with Crippen LogP contribution in [0.25, 0.3) is 11.4 Å². The van der Waals surface area contributed by atoms with Crippen LogP contribution in [0.15, 0.2) is 28.9 Å². The average Bonchev–Trinajstić information content (AvgIpc) is 3.20. The quantitative estimate of drug-likeness (QED) is 0.644. The normalized spacial score (nSPS) is 11.0. The number of rotatable bonds is 6. The smallest absolute Gasteiger partial charge is 0.283 e. The molecular weight excluding hydrogens is 343 g/mol. The Morgan fingerprint density at radius 2 is 2.23 bits per heavy atom. The van der Waals surface area contributed by atoms with E-state index >= 15 is 0 Å². The highest BCUT2D eigenvalue weighted by molar-refractivity contribution is 5.92. The molecule has 0 radical (unpaired) electrons. The second-order valence-electron chi connectivity index (χ2n) is 5.67. The molecule has 3 heterocycles. The van der Waals surface area contributed by atoms with Gasteiger partial charge in [-0.05, 0) is 19.1 Å². The van der Waals surface area contributed by atoms with E-state index in [4.69, 9.17) is 9.26 Å². The zero-order valence-electron chi connectivity index (χ0n) is 14.4. The minimum atomic E-state index is -0.438. The van der Waals surface area contributed by atoms with Gasteiger partial charge in [0.15, 0.2) is 0 Å². The molecule has 0 aliphatic heterocycles. The van der Waals surface area contributed by atoms with Gasteiger partial charge in [-0.15, -0.1) is 5.10 Å². The second-order valence-corrected chi connectivity index (χ2v) is 5.67. The van der Waals surface area contributed by atoms with Gasteiger partial charge in [0, 0.05) is 20.2 Å². The van der Waals surface area contributed by atoms with E-state index in [1.807, 2.05) is 0 Å². The number of carbonyl (C=O) groups excluding carboxylic acids is 1. The van der Waals surface area contributed by atoms with E-state index in [2.05, 4.69) is 25.8 Å². The number of nitrogens with zero attached hydrogens (tertiary/aromatic N) is 4. The van der Waals surface area contributed by atoms with E-state index in [0.29, 0.717) is 22.7 Å². The molecule has 0 saturated carbocycles. The Hall–Kier alpha value is -3.27. The van der Waals surface area contributed by atoms with Gasteiger partial charge in [0.25, 0.3) is 5.91 Å². The summed E-state index contributed by atoms with van der Waals surface area (Å²) in [5.74, 6) is 0.0151. The Morgan fingerprint density at radius 1 is 1.42 bits per heavy atom. The van der Waals surface area contributed by atoms with Crippen LogP contribution in [0.1, 0.15) is 21.8 Å². The maximum Gasteiger partial charge on any atom is 0.283 e. The molecule has 26 heavy (non-hydrogen) atoms. The minimum Gasteiger partial charge on any atom is -0.472 e. The molecule has 136 valence electrons. The maximum absolute atomic E-state index is 13.0. The lowest BCUT2D eigenvalue weighted by Crippen LogP contribution is -2.36. The third kappa shape index (κ3) is 3.86. The summed E-state index contributed by atoms with van der Waals surface area (Å²) in [5.41, 5.74) is 4.44. The van der Waals surface area contributed by atoms with Crippen molar-refractivity contribution in [1.29, 1.82) is 0 Å². The first-order chi connectivity index (χ1) is 12.4. The van der Waals surface area contributed by atoms with Crippen molar-refractivity contribution in [1.82, 2.24) is 30.8 Å². The van der Waals surface area contributed by atoms with E-state index in [1.165, 1.54) is 23.2 Å². The number of aromatic amines is 1. The summed E-state index contributed by atoms with van der Waals surface area (Å²) in [7, 11) is 3.40. The lowest BCUT2D eigenvalue weighted by molar-refractivity contribution is 0.0851. The van der Waals surface area contributed by atoms with Crippen molar-refractivity contribution in [2.45, 2.75) is 13.5 Å². The summed E-state index contributed by atoms with van der Waals surface area (Å²) in [6.45, 7) is 1.84. The summed E-state index contributed by atoms with van der Waals surface area (Å²) in [4.78, 5) is 15.9. The van der Waals surface area contributed by atoms with Crippen LogP contribution in [-0.2, 0) is 6.61 Å². The summed E-state index contributed by atoms with van der Waals surface area (Å²) in [6, 6.07) is 4.28. The van der Waals surface area contributed by atoms with Gasteiger partial charge in [-0.3, -0.25) is 20.3 Å². The Morgan fingerprint density at radius 3 is 2.92 bits per heavy atom.